The van der Waals surface area contributed by atoms with Crippen LogP contribution in [0.25, 0.3) is 10.6 Å². The molecule has 0 radical (unpaired) electrons. The van der Waals surface area contributed by atoms with Crippen molar-refractivity contribution in [3.8, 4) is 16.3 Å². The first-order valence-electron chi connectivity index (χ1n) is 10.1. The fraction of sp³-hybridized carbons (Fsp3) is 0.217. The van der Waals surface area contributed by atoms with Crippen LogP contribution in [0.4, 0.5) is 10.8 Å². The van der Waals surface area contributed by atoms with Crippen LogP contribution in [0.15, 0.2) is 48.1 Å². The lowest BCUT2D eigenvalue weighted by Crippen LogP contribution is -2.13. The van der Waals surface area contributed by atoms with Crippen LogP contribution >= 0.6 is 22.7 Å². The zero-order chi connectivity index (χ0) is 22.7. The Kier molecular flexibility index (Phi) is 6.48. The number of aryl methyl sites for hydroxylation is 1. The number of primary amides is 1. The number of aromatic nitrogens is 3. The Morgan fingerprint density at radius 2 is 1.97 bits per heavy atom. The maximum Gasteiger partial charge on any atom is 0.248 e. The van der Waals surface area contributed by atoms with Crippen molar-refractivity contribution in [2.75, 3.05) is 5.32 Å². The topological polar surface area (TPSA) is 103 Å². The summed E-state index contributed by atoms with van der Waals surface area (Å²) in [4.78, 5) is 26.2. The van der Waals surface area contributed by atoms with Crippen LogP contribution < -0.4 is 15.8 Å². The number of nitrogens with zero attached hydrogens (tertiary/aromatic N) is 3. The van der Waals surface area contributed by atoms with Gasteiger partial charge in [-0.3, -0.25) is 9.78 Å². The Hall–Kier alpha value is -3.30. The fourth-order valence-corrected chi connectivity index (χ4v) is 4.98. The molecule has 0 saturated carbocycles. The molecule has 0 fully saturated rings. The van der Waals surface area contributed by atoms with Crippen molar-refractivity contribution in [3.05, 3.63) is 69.9 Å². The molecular formula is C23H23N5O2S2. The molecule has 164 valence electrons. The van der Waals surface area contributed by atoms with E-state index >= 15 is 0 Å². The number of rotatable bonds is 8. The second-order valence-electron chi connectivity index (χ2n) is 7.45. The van der Waals surface area contributed by atoms with Gasteiger partial charge in [-0.1, -0.05) is 11.3 Å². The molecule has 3 heterocycles. The summed E-state index contributed by atoms with van der Waals surface area (Å²) in [6.07, 6.45) is 4.04. The number of hydrogen-bond acceptors (Lipinski definition) is 8. The van der Waals surface area contributed by atoms with E-state index < -0.39 is 5.91 Å². The van der Waals surface area contributed by atoms with Crippen LogP contribution in [0.5, 0.6) is 5.75 Å². The molecule has 0 bridgehead atoms. The number of thiazole rings is 2. The molecule has 4 aromatic rings. The third kappa shape index (κ3) is 5.12. The lowest BCUT2D eigenvalue weighted by atomic mass is 10.1. The highest BCUT2D eigenvalue weighted by Crippen LogP contribution is 2.35. The summed E-state index contributed by atoms with van der Waals surface area (Å²) in [6.45, 7) is 5.92. The number of carbonyl (C=O) groups excluding carboxylic acids is 1. The molecule has 1 amide bonds. The van der Waals surface area contributed by atoms with E-state index in [0.29, 0.717) is 12.0 Å². The summed E-state index contributed by atoms with van der Waals surface area (Å²) >= 11 is 3.13. The quantitative estimate of drug-likeness (QED) is 0.371. The number of anilines is 2. The summed E-state index contributed by atoms with van der Waals surface area (Å²) in [5, 5.41) is 7.07. The van der Waals surface area contributed by atoms with Crippen LogP contribution in [0.2, 0.25) is 0 Å². The maximum absolute atomic E-state index is 11.7. The Morgan fingerprint density at radius 1 is 1.19 bits per heavy atom. The molecule has 0 aliphatic carbocycles. The zero-order valence-electron chi connectivity index (χ0n) is 18.0. The highest BCUT2D eigenvalue weighted by Gasteiger charge is 2.16. The van der Waals surface area contributed by atoms with E-state index in [9.17, 15) is 4.79 Å². The molecule has 0 aliphatic rings. The van der Waals surface area contributed by atoms with Gasteiger partial charge in [-0.25, -0.2) is 9.97 Å². The minimum absolute atomic E-state index is 0.0196. The summed E-state index contributed by atoms with van der Waals surface area (Å²) < 4.78 is 5.93. The summed E-state index contributed by atoms with van der Waals surface area (Å²) in [5.74, 6) is 0.274. The largest absolute Gasteiger partial charge is 0.491 e. The van der Waals surface area contributed by atoms with Crippen LogP contribution in [-0.4, -0.2) is 27.0 Å². The Balaban J connectivity index is 1.57. The molecule has 3 N–H and O–H groups in total. The molecular weight excluding hydrogens is 442 g/mol. The number of nitrogens with one attached hydrogen (secondary N) is 1. The lowest BCUT2D eigenvalue weighted by Gasteiger charge is -2.14. The van der Waals surface area contributed by atoms with Gasteiger partial charge in [0.25, 0.3) is 0 Å². The first-order valence-corrected chi connectivity index (χ1v) is 11.8. The molecule has 9 heteroatoms. The molecule has 32 heavy (non-hydrogen) atoms. The Morgan fingerprint density at radius 3 is 2.69 bits per heavy atom. The lowest BCUT2D eigenvalue weighted by molar-refractivity contribution is 0.1000. The van der Waals surface area contributed by atoms with Gasteiger partial charge < -0.3 is 15.8 Å². The van der Waals surface area contributed by atoms with E-state index in [2.05, 4.69) is 15.3 Å². The number of ether oxygens (including phenoxy) is 1. The smallest absolute Gasteiger partial charge is 0.248 e. The van der Waals surface area contributed by atoms with Gasteiger partial charge in [-0.05, 0) is 51.1 Å². The average Bonchev–Trinajstić information content (AvgIpc) is 3.35. The van der Waals surface area contributed by atoms with E-state index in [1.165, 1.54) is 0 Å². The average molecular weight is 466 g/mol. The van der Waals surface area contributed by atoms with Crippen molar-refractivity contribution in [1.82, 2.24) is 15.0 Å². The van der Waals surface area contributed by atoms with E-state index in [1.807, 2.05) is 38.3 Å². The molecule has 0 saturated heterocycles. The molecule has 3 aromatic heterocycles. The van der Waals surface area contributed by atoms with Gasteiger partial charge in [0, 0.05) is 41.0 Å². The first kappa shape index (κ1) is 21.9. The van der Waals surface area contributed by atoms with Crippen LogP contribution in [0.1, 0.15) is 40.5 Å². The van der Waals surface area contributed by atoms with Gasteiger partial charge in [0.05, 0.1) is 27.4 Å². The standard InChI is InChI=1S/C23H23N5O2S2/c1-13(2)30-19-5-4-15(22(24)29)10-16(19)11-20-28-18(12-31-20)21-14(3)26-23(32-21)27-17-6-8-25-9-7-17/h4-10,12-13H,11H2,1-3H3,(H2,24,29)(H,25,26,27). The number of carbonyl (C=O) groups is 1. The number of benzene rings is 1. The van der Waals surface area contributed by atoms with Crippen molar-refractivity contribution in [2.24, 2.45) is 5.73 Å². The third-order valence-corrected chi connectivity index (χ3v) is 6.51. The number of hydrogen-bond donors (Lipinski definition) is 2. The highest BCUT2D eigenvalue weighted by atomic mass is 32.1. The monoisotopic (exact) mass is 465 g/mol. The summed E-state index contributed by atoms with van der Waals surface area (Å²) in [5.41, 5.74) is 9.56. The van der Waals surface area contributed by atoms with E-state index in [1.54, 1.807) is 53.3 Å². The van der Waals surface area contributed by atoms with Gasteiger partial charge >= 0.3 is 0 Å². The van der Waals surface area contributed by atoms with Crippen LogP contribution in [0.3, 0.4) is 0 Å². The van der Waals surface area contributed by atoms with Crippen LogP contribution in [0, 0.1) is 6.92 Å². The minimum atomic E-state index is -0.461. The molecule has 4 rings (SSSR count). The van der Waals surface area contributed by atoms with Gasteiger partial charge in [0.15, 0.2) is 5.13 Å². The predicted molar refractivity (Wildman–Crippen MR) is 129 cm³/mol. The zero-order valence-corrected chi connectivity index (χ0v) is 19.6. The molecule has 0 unspecified atom stereocenters. The van der Waals surface area contributed by atoms with Gasteiger partial charge in [0.1, 0.15) is 5.75 Å². The highest BCUT2D eigenvalue weighted by molar-refractivity contribution is 7.19. The molecule has 7 nitrogen and oxygen atoms in total. The second kappa shape index (κ2) is 9.46. The molecule has 0 spiro atoms. The first-order chi connectivity index (χ1) is 15.4. The van der Waals surface area contributed by atoms with Crippen molar-refractivity contribution in [2.45, 2.75) is 33.3 Å². The normalized spacial score (nSPS) is 11.0. The van der Waals surface area contributed by atoms with E-state index in [-0.39, 0.29) is 6.10 Å². The SMILES string of the molecule is Cc1nc(Nc2ccncc2)sc1-c1csc(Cc2cc(C(N)=O)ccc2OC(C)C)n1. The maximum atomic E-state index is 11.7. The molecule has 1 aromatic carbocycles. The van der Waals surface area contributed by atoms with Crippen molar-refractivity contribution in [3.63, 3.8) is 0 Å². The molecule has 0 atom stereocenters. The summed E-state index contributed by atoms with van der Waals surface area (Å²) in [6, 6.07) is 9.07. The van der Waals surface area contributed by atoms with E-state index in [0.717, 1.165) is 43.4 Å². The molecule has 0 aliphatic heterocycles. The van der Waals surface area contributed by atoms with Gasteiger partial charge in [-0.2, -0.15) is 0 Å². The number of pyridine rings is 1. The number of nitrogens with two attached hydrogens (primary N) is 1. The Bertz CT molecular complexity index is 1230. The van der Waals surface area contributed by atoms with Gasteiger partial charge in [-0.15, -0.1) is 11.3 Å². The third-order valence-electron chi connectivity index (χ3n) is 4.56. The van der Waals surface area contributed by atoms with Crippen molar-refractivity contribution in [1.29, 1.82) is 0 Å². The van der Waals surface area contributed by atoms with Crippen molar-refractivity contribution < 1.29 is 9.53 Å². The fourth-order valence-electron chi connectivity index (χ4n) is 3.15. The van der Waals surface area contributed by atoms with Gasteiger partial charge in [0.2, 0.25) is 5.91 Å². The minimum Gasteiger partial charge on any atom is -0.491 e. The van der Waals surface area contributed by atoms with Crippen LogP contribution in [-0.2, 0) is 6.42 Å². The predicted octanol–water partition coefficient (Wildman–Crippen LogP) is 5.19. The second-order valence-corrected chi connectivity index (χ2v) is 9.39. The Labute approximate surface area is 194 Å². The number of amides is 1. The van der Waals surface area contributed by atoms with E-state index in [4.69, 9.17) is 15.5 Å². The van der Waals surface area contributed by atoms with Crippen molar-refractivity contribution >= 4 is 39.4 Å². The summed E-state index contributed by atoms with van der Waals surface area (Å²) in [7, 11) is 0.